The standard InChI is InChI=1S/C23H22N4O4S/c28-22(16-9-10-20-19(14-16)25-23(29)21-8-5-13-27(20)21)24-17-6-4-7-18(15-17)32(30,31)26-11-2-1-3-12-26/h4-10,13-15H,1-3,11-12H2,(H,24,28)(H,25,29). The zero-order valence-electron chi connectivity index (χ0n) is 17.2. The number of rotatable bonds is 4. The summed E-state index contributed by atoms with van der Waals surface area (Å²) in [6.45, 7) is 1.03. The van der Waals surface area contributed by atoms with Gasteiger partial charge in [0, 0.05) is 30.5 Å². The van der Waals surface area contributed by atoms with Crippen LogP contribution in [0, 0.1) is 0 Å². The van der Waals surface area contributed by atoms with Gasteiger partial charge in [0.1, 0.15) is 5.52 Å². The number of benzene rings is 2. The van der Waals surface area contributed by atoms with E-state index in [9.17, 15) is 18.0 Å². The molecule has 0 bridgehead atoms. The first-order valence-corrected chi connectivity index (χ1v) is 11.9. The van der Waals surface area contributed by atoms with Crippen LogP contribution in [0.25, 0.3) is 16.6 Å². The van der Waals surface area contributed by atoms with Crippen molar-refractivity contribution in [3.05, 3.63) is 76.7 Å². The van der Waals surface area contributed by atoms with Crippen LogP contribution in [0.1, 0.15) is 29.6 Å². The lowest BCUT2D eigenvalue weighted by Crippen LogP contribution is -2.35. The van der Waals surface area contributed by atoms with E-state index in [1.54, 1.807) is 59.1 Å². The molecule has 9 heteroatoms. The molecule has 2 aromatic heterocycles. The van der Waals surface area contributed by atoms with Crippen molar-refractivity contribution in [1.29, 1.82) is 0 Å². The summed E-state index contributed by atoms with van der Waals surface area (Å²) < 4.78 is 29.1. The van der Waals surface area contributed by atoms with Crippen LogP contribution >= 0.6 is 0 Å². The number of aromatic amines is 1. The number of carbonyl (C=O) groups is 1. The van der Waals surface area contributed by atoms with Crippen LogP contribution in [0.5, 0.6) is 0 Å². The molecule has 1 aliphatic heterocycles. The van der Waals surface area contributed by atoms with Gasteiger partial charge in [0.2, 0.25) is 10.0 Å². The minimum absolute atomic E-state index is 0.162. The maximum absolute atomic E-state index is 12.9. The zero-order chi connectivity index (χ0) is 22.3. The van der Waals surface area contributed by atoms with Crippen LogP contribution in [0.2, 0.25) is 0 Å². The summed E-state index contributed by atoms with van der Waals surface area (Å²) in [4.78, 5) is 28.1. The predicted octanol–water partition coefficient (Wildman–Crippen LogP) is 3.21. The summed E-state index contributed by atoms with van der Waals surface area (Å²) in [6, 6.07) is 14.9. The number of anilines is 1. The van der Waals surface area contributed by atoms with E-state index in [1.165, 1.54) is 10.4 Å². The Morgan fingerprint density at radius 2 is 1.75 bits per heavy atom. The van der Waals surface area contributed by atoms with Gasteiger partial charge in [-0.25, -0.2) is 8.42 Å². The normalized spacial score (nSPS) is 15.2. The molecule has 164 valence electrons. The first kappa shape index (κ1) is 20.5. The average molecular weight is 451 g/mol. The van der Waals surface area contributed by atoms with Gasteiger partial charge in [-0.15, -0.1) is 0 Å². The lowest BCUT2D eigenvalue weighted by molar-refractivity contribution is 0.102. The summed E-state index contributed by atoms with van der Waals surface area (Å²) in [5.41, 5.74) is 2.34. The van der Waals surface area contributed by atoms with E-state index in [0.29, 0.717) is 35.4 Å². The largest absolute Gasteiger partial charge is 0.322 e. The Labute approximate surface area is 184 Å². The Morgan fingerprint density at radius 1 is 0.938 bits per heavy atom. The van der Waals surface area contributed by atoms with Gasteiger partial charge in [-0.2, -0.15) is 4.31 Å². The van der Waals surface area contributed by atoms with E-state index < -0.39 is 15.9 Å². The molecule has 4 aromatic rings. The molecule has 1 aliphatic rings. The van der Waals surface area contributed by atoms with Crippen LogP contribution in [-0.2, 0) is 10.0 Å². The van der Waals surface area contributed by atoms with Gasteiger partial charge in [0.15, 0.2) is 0 Å². The molecule has 3 heterocycles. The van der Waals surface area contributed by atoms with Gasteiger partial charge in [-0.1, -0.05) is 12.5 Å². The molecule has 32 heavy (non-hydrogen) atoms. The highest BCUT2D eigenvalue weighted by atomic mass is 32.2. The third-order valence-corrected chi connectivity index (χ3v) is 7.69. The highest BCUT2D eigenvalue weighted by Gasteiger charge is 2.26. The van der Waals surface area contributed by atoms with Gasteiger partial charge in [0.05, 0.1) is 15.9 Å². The Balaban J connectivity index is 1.42. The summed E-state index contributed by atoms with van der Waals surface area (Å²) >= 11 is 0. The fourth-order valence-electron chi connectivity index (χ4n) is 4.14. The Hall–Kier alpha value is -3.43. The SMILES string of the molecule is O=C(Nc1cccc(S(=O)(=O)N2CCCCC2)c1)c1ccc2c(c1)[nH]c(=O)c1cccn12. The lowest BCUT2D eigenvalue weighted by atomic mass is 10.1. The quantitative estimate of drug-likeness (QED) is 0.498. The van der Waals surface area contributed by atoms with Crippen LogP contribution in [0.15, 0.2) is 70.5 Å². The number of aromatic nitrogens is 2. The third kappa shape index (κ3) is 3.59. The second-order valence-corrected chi connectivity index (χ2v) is 9.83. The topological polar surface area (TPSA) is 104 Å². The molecule has 1 fully saturated rings. The van der Waals surface area contributed by atoms with Crippen molar-refractivity contribution in [2.24, 2.45) is 0 Å². The third-order valence-electron chi connectivity index (χ3n) is 5.79. The second kappa shape index (κ2) is 7.92. The van der Waals surface area contributed by atoms with Gasteiger partial charge in [-0.3, -0.25) is 9.59 Å². The number of carbonyl (C=O) groups excluding carboxylic acids is 1. The number of hydrogen-bond acceptors (Lipinski definition) is 4. The fraction of sp³-hybridized carbons (Fsp3) is 0.217. The number of fused-ring (bicyclic) bond motifs is 3. The van der Waals surface area contributed by atoms with Gasteiger partial charge in [0.25, 0.3) is 11.5 Å². The number of nitrogens with zero attached hydrogens (tertiary/aromatic N) is 2. The smallest absolute Gasteiger partial charge is 0.272 e. The molecular formula is C23H22N4O4S. The zero-order valence-corrected chi connectivity index (χ0v) is 18.1. The van der Waals surface area contributed by atoms with Crippen LogP contribution in [-0.4, -0.2) is 41.1 Å². The van der Waals surface area contributed by atoms with Crippen molar-refractivity contribution in [2.45, 2.75) is 24.2 Å². The summed E-state index contributed by atoms with van der Waals surface area (Å²) in [5.74, 6) is -0.395. The van der Waals surface area contributed by atoms with E-state index in [1.807, 2.05) is 0 Å². The molecule has 5 rings (SSSR count). The van der Waals surface area contributed by atoms with E-state index in [-0.39, 0.29) is 10.5 Å². The first-order valence-electron chi connectivity index (χ1n) is 10.5. The number of nitrogens with one attached hydrogen (secondary N) is 2. The Morgan fingerprint density at radius 3 is 2.56 bits per heavy atom. The predicted molar refractivity (Wildman–Crippen MR) is 123 cm³/mol. The molecule has 1 saturated heterocycles. The molecule has 0 saturated carbocycles. The Kier molecular flexibility index (Phi) is 5.07. The van der Waals surface area contributed by atoms with E-state index in [2.05, 4.69) is 10.3 Å². The number of hydrogen-bond donors (Lipinski definition) is 2. The highest BCUT2D eigenvalue weighted by Crippen LogP contribution is 2.23. The number of sulfonamides is 1. The molecule has 8 nitrogen and oxygen atoms in total. The van der Waals surface area contributed by atoms with Crippen LogP contribution in [0.3, 0.4) is 0 Å². The van der Waals surface area contributed by atoms with E-state index >= 15 is 0 Å². The minimum atomic E-state index is -3.59. The van der Waals surface area contributed by atoms with E-state index in [4.69, 9.17) is 0 Å². The van der Waals surface area contributed by atoms with E-state index in [0.717, 1.165) is 24.8 Å². The number of H-pyrrole nitrogens is 1. The van der Waals surface area contributed by atoms with Crippen molar-refractivity contribution in [1.82, 2.24) is 13.7 Å². The average Bonchev–Trinajstić information content (AvgIpc) is 3.30. The van der Waals surface area contributed by atoms with Gasteiger partial charge >= 0.3 is 0 Å². The molecule has 0 aliphatic carbocycles. The summed E-state index contributed by atoms with van der Waals surface area (Å²) in [7, 11) is -3.59. The maximum atomic E-state index is 12.9. The lowest BCUT2D eigenvalue weighted by Gasteiger charge is -2.26. The molecule has 2 aromatic carbocycles. The van der Waals surface area contributed by atoms with Crippen LogP contribution in [0.4, 0.5) is 5.69 Å². The van der Waals surface area contributed by atoms with Crippen molar-refractivity contribution in [3.8, 4) is 0 Å². The van der Waals surface area contributed by atoms with Crippen molar-refractivity contribution in [2.75, 3.05) is 18.4 Å². The van der Waals surface area contributed by atoms with Crippen molar-refractivity contribution in [3.63, 3.8) is 0 Å². The Bertz CT molecular complexity index is 1500. The molecule has 0 atom stereocenters. The molecule has 2 N–H and O–H groups in total. The van der Waals surface area contributed by atoms with Crippen LogP contribution < -0.4 is 10.9 Å². The first-order chi connectivity index (χ1) is 15.4. The molecule has 1 amide bonds. The molecule has 0 unspecified atom stereocenters. The van der Waals surface area contributed by atoms with Crippen molar-refractivity contribution < 1.29 is 13.2 Å². The number of piperidine rings is 1. The maximum Gasteiger partial charge on any atom is 0.272 e. The fourth-order valence-corrected chi connectivity index (χ4v) is 5.71. The monoisotopic (exact) mass is 450 g/mol. The minimum Gasteiger partial charge on any atom is -0.322 e. The summed E-state index contributed by atoms with van der Waals surface area (Å²) in [5, 5.41) is 2.76. The molecule has 0 radical (unpaired) electrons. The molecule has 0 spiro atoms. The van der Waals surface area contributed by atoms with Gasteiger partial charge < -0.3 is 14.7 Å². The molecular weight excluding hydrogens is 428 g/mol. The van der Waals surface area contributed by atoms with Gasteiger partial charge in [-0.05, 0) is 61.4 Å². The summed E-state index contributed by atoms with van der Waals surface area (Å²) in [6.07, 6.45) is 4.54. The second-order valence-electron chi connectivity index (χ2n) is 7.90. The van der Waals surface area contributed by atoms with Crippen molar-refractivity contribution >= 4 is 38.2 Å². The highest BCUT2D eigenvalue weighted by molar-refractivity contribution is 7.89. The number of amides is 1.